The highest BCUT2D eigenvalue weighted by atomic mass is 19.2. The maximum Gasteiger partial charge on any atom is 0.343 e. The van der Waals surface area contributed by atoms with Crippen molar-refractivity contribution in [1.82, 2.24) is 0 Å². The summed E-state index contributed by atoms with van der Waals surface area (Å²) >= 11 is 0. The molecule has 0 aliphatic carbocycles. The van der Waals surface area contributed by atoms with Crippen LogP contribution in [0.5, 0.6) is 23.0 Å². The third-order valence-electron chi connectivity index (χ3n) is 5.97. The monoisotopic (exact) mass is 552 g/mol. The average Bonchev–Trinajstić information content (AvgIpc) is 2.95. The van der Waals surface area contributed by atoms with Gasteiger partial charge in [0.1, 0.15) is 23.0 Å². The predicted octanol–water partition coefficient (Wildman–Crippen LogP) is 8.51. The summed E-state index contributed by atoms with van der Waals surface area (Å²) in [5.41, 5.74) is 1.83. The van der Waals surface area contributed by atoms with E-state index in [1.807, 2.05) is 51.1 Å². The van der Waals surface area contributed by atoms with Gasteiger partial charge in [0.05, 0.1) is 30.9 Å². The van der Waals surface area contributed by atoms with Gasteiger partial charge in [0.2, 0.25) is 0 Å². The highest BCUT2D eigenvalue weighted by Gasteiger charge is 2.19. The van der Waals surface area contributed by atoms with Crippen molar-refractivity contribution >= 4 is 16.7 Å². The quantitative estimate of drug-likeness (QED) is 0.100. The van der Waals surface area contributed by atoms with Gasteiger partial charge in [-0.05, 0) is 53.8 Å². The standard InChI is InChI=1S/C32H31F3O5/c1-4-11-37-24-18-28(38-12-5-2)30(29(19-24)39-13-6-3)22-9-7-21-15-23(10-8-20(21)14-22)32(36)40-25-16-26(33)31(35)27(34)17-25/h7-10,14-19H,4-6,11-13H2,1-3H3. The van der Waals surface area contributed by atoms with Gasteiger partial charge in [-0.2, -0.15) is 0 Å². The summed E-state index contributed by atoms with van der Waals surface area (Å²) in [6.45, 7) is 7.74. The van der Waals surface area contributed by atoms with Crippen LogP contribution in [-0.2, 0) is 0 Å². The lowest BCUT2D eigenvalue weighted by molar-refractivity contribution is 0.0733. The minimum atomic E-state index is -1.63. The summed E-state index contributed by atoms with van der Waals surface area (Å²) in [5, 5.41) is 1.58. The van der Waals surface area contributed by atoms with Crippen molar-refractivity contribution in [2.75, 3.05) is 19.8 Å². The SMILES string of the molecule is CCCOc1cc(OCCC)c(-c2ccc3cc(C(=O)Oc4cc(F)c(F)c(F)c4)ccc3c2)c(OCCC)c1. The molecule has 0 aromatic heterocycles. The zero-order valence-corrected chi connectivity index (χ0v) is 22.7. The first kappa shape index (κ1) is 28.8. The van der Waals surface area contributed by atoms with Gasteiger partial charge in [0, 0.05) is 24.3 Å². The molecule has 0 atom stereocenters. The Hall–Kier alpha value is -4.20. The lowest BCUT2D eigenvalue weighted by Crippen LogP contribution is -2.09. The molecule has 210 valence electrons. The van der Waals surface area contributed by atoms with Crippen LogP contribution in [0, 0.1) is 17.5 Å². The molecule has 0 radical (unpaired) electrons. The number of fused-ring (bicyclic) bond motifs is 1. The second-order valence-corrected chi connectivity index (χ2v) is 9.21. The van der Waals surface area contributed by atoms with Gasteiger partial charge in [-0.25, -0.2) is 18.0 Å². The highest BCUT2D eigenvalue weighted by Crippen LogP contribution is 2.43. The summed E-state index contributed by atoms with van der Waals surface area (Å²) in [6, 6.07) is 15.6. The topological polar surface area (TPSA) is 54.0 Å². The molecule has 0 spiro atoms. The van der Waals surface area contributed by atoms with Crippen molar-refractivity contribution in [3.8, 4) is 34.1 Å². The van der Waals surface area contributed by atoms with Gasteiger partial charge in [0.25, 0.3) is 0 Å². The van der Waals surface area contributed by atoms with Crippen molar-refractivity contribution in [2.45, 2.75) is 40.0 Å². The molecule has 8 heteroatoms. The summed E-state index contributed by atoms with van der Waals surface area (Å²) in [7, 11) is 0. The van der Waals surface area contributed by atoms with Crippen LogP contribution in [0.2, 0.25) is 0 Å². The lowest BCUT2D eigenvalue weighted by Gasteiger charge is -2.19. The van der Waals surface area contributed by atoms with Crippen LogP contribution in [0.3, 0.4) is 0 Å². The van der Waals surface area contributed by atoms with Crippen molar-refractivity contribution in [1.29, 1.82) is 0 Å². The first-order chi connectivity index (χ1) is 19.3. The van der Waals surface area contributed by atoms with Gasteiger partial charge in [-0.3, -0.25) is 0 Å². The van der Waals surface area contributed by atoms with E-state index in [9.17, 15) is 18.0 Å². The average molecular weight is 553 g/mol. The van der Waals surface area contributed by atoms with E-state index < -0.39 is 29.2 Å². The van der Waals surface area contributed by atoms with Gasteiger partial charge in [0.15, 0.2) is 17.5 Å². The number of rotatable bonds is 12. The lowest BCUT2D eigenvalue weighted by atomic mass is 9.98. The second kappa shape index (κ2) is 13.2. The molecular formula is C32H31F3O5. The van der Waals surface area contributed by atoms with E-state index >= 15 is 0 Å². The molecule has 0 fully saturated rings. The molecule has 40 heavy (non-hydrogen) atoms. The molecule has 0 aliphatic heterocycles. The van der Waals surface area contributed by atoms with Crippen LogP contribution in [0.4, 0.5) is 13.2 Å². The number of hydrogen-bond acceptors (Lipinski definition) is 5. The van der Waals surface area contributed by atoms with E-state index in [-0.39, 0.29) is 5.56 Å². The Kier molecular flexibility index (Phi) is 9.53. The molecule has 0 amide bonds. The zero-order chi connectivity index (χ0) is 28.6. The minimum Gasteiger partial charge on any atom is -0.493 e. The Morgan fingerprint density at radius 2 is 1.20 bits per heavy atom. The van der Waals surface area contributed by atoms with Crippen molar-refractivity contribution in [3.63, 3.8) is 0 Å². The van der Waals surface area contributed by atoms with Gasteiger partial charge in [-0.15, -0.1) is 0 Å². The smallest absolute Gasteiger partial charge is 0.343 e. The van der Waals surface area contributed by atoms with Crippen LogP contribution >= 0.6 is 0 Å². The third-order valence-corrected chi connectivity index (χ3v) is 5.97. The molecule has 0 saturated carbocycles. The Morgan fingerprint density at radius 3 is 1.80 bits per heavy atom. The van der Waals surface area contributed by atoms with Gasteiger partial charge < -0.3 is 18.9 Å². The van der Waals surface area contributed by atoms with E-state index in [0.29, 0.717) is 49.2 Å². The van der Waals surface area contributed by atoms with Crippen LogP contribution < -0.4 is 18.9 Å². The first-order valence-electron chi connectivity index (χ1n) is 13.3. The largest absolute Gasteiger partial charge is 0.493 e. The number of halogens is 3. The maximum absolute atomic E-state index is 13.5. The maximum atomic E-state index is 13.5. The van der Waals surface area contributed by atoms with E-state index in [4.69, 9.17) is 18.9 Å². The third kappa shape index (κ3) is 6.68. The molecular weight excluding hydrogens is 521 g/mol. The van der Waals surface area contributed by atoms with Crippen molar-refractivity contribution in [2.24, 2.45) is 0 Å². The Morgan fingerprint density at radius 1 is 0.650 bits per heavy atom. The number of benzene rings is 4. The fraction of sp³-hybridized carbons (Fsp3) is 0.281. The summed E-state index contributed by atoms with van der Waals surface area (Å²) in [6.07, 6.45) is 2.53. The van der Waals surface area contributed by atoms with Crippen LogP contribution in [0.1, 0.15) is 50.4 Å². The van der Waals surface area contributed by atoms with Gasteiger partial charge in [-0.1, -0.05) is 39.0 Å². The molecule has 5 nitrogen and oxygen atoms in total. The van der Waals surface area contributed by atoms with Gasteiger partial charge >= 0.3 is 5.97 Å². The van der Waals surface area contributed by atoms with Crippen LogP contribution in [0.15, 0.2) is 60.7 Å². The van der Waals surface area contributed by atoms with E-state index in [1.165, 1.54) is 0 Å². The van der Waals surface area contributed by atoms with Crippen molar-refractivity contribution < 1.29 is 36.9 Å². The number of ether oxygens (including phenoxy) is 4. The molecule has 0 saturated heterocycles. The summed E-state index contributed by atoms with van der Waals surface area (Å²) in [5.74, 6) is -3.79. The molecule has 0 N–H and O–H groups in total. The Bertz CT molecular complexity index is 1450. The minimum absolute atomic E-state index is 0.168. The van der Waals surface area contributed by atoms with Crippen LogP contribution in [-0.4, -0.2) is 25.8 Å². The van der Waals surface area contributed by atoms with Crippen molar-refractivity contribution in [3.05, 3.63) is 83.7 Å². The number of carbonyl (C=O) groups excluding carboxylic acids is 1. The fourth-order valence-corrected chi connectivity index (χ4v) is 4.09. The molecule has 0 aliphatic rings. The van der Waals surface area contributed by atoms with E-state index in [2.05, 4.69) is 0 Å². The molecule has 0 unspecified atom stereocenters. The van der Waals surface area contributed by atoms with E-state index in [1.54, 1.807) is 18.2 Å². The highest BCUT2D eigenvalue weighted by molar-refractivity contribution is 5.98. The predicted molar refractivity (Wildman–Crippen MR) is 148 cm³/mol. The fourth-order valence-electron chi connectivity index (χ4n) is 4.09. The summed E-state index contributed by atoms with van der Waals surface area (Å²) < 4.78 is 63.5. The van der Waals surface area contributed by atoms with E-state index in [0.717, 1.165) is 41.2 Å². The normalized spacial score (nSPS) is 10.9. The van der Waals surface area contributed by atoms with Crippen LogP contribution in [0.25, 0.3) is 21.9 Å². The number of carbonyl (C=O) groups is 1. The number of esters is 1. The first-order valence-corrected chi connectivity index (χ1v) is 13.3. The Labute approximate surface area is 231 Å². The second-order valence-electron chi connectivity index (χ2n) is 9.21. The zero-order valence-electron chi connectivity index (χ0n) is 22.7. The number of hydrogen-bond donors (Lipinski definition) is 0. The Balaban J connectivity index is 1.69. The molecule has 0 heterocycles. The molecule has 4 aromatic carbocycles. The molecule has 4 aromatic rings. The molecule has 4 rings (SSSR count). The molecule has 0 bridgehead atoms. The summed E-state index contributed by atoms with van der Waals surface area (Å²) in [4.78, 5) is 12.6.